The van der Waals surface area contributed by atoms with E-state index in [0.29, 0.717) is 24.9 Å². The second-order valence-corrected chi connectivity index (χ2v) is 8.22. The van der Waals surface area contributed by atoms with E-state index in [1.165, 1.54) is 6.42 Å². The van der Waals surface area contributed by atoms with Crippen LogP contribution in [0.5, 0.6) is 0 Å². The fourth-order valence-electron chi connectivity index (χ4n) is 3.53. The molecule has 0 spiro atoms. The minimum absolute atomic E-state index is 0.133. The SMILES string of the molecule is CNCC1CCCN(S(=O)(=O)NC2CCCC(C)C2)C1. The Labute approximate surface area is 123 Å². The van der Waals surface area contributed by atoms with E-state index in [2.05, 4.69) is 17.0 Å². The molecule has 3 unspecified atom stereocenters. The highest BCUT2D eigenvalue weighted by Gasteiger charge is 2.31. The Morgan fingerprint density at radius 3 is 2.70 bits per heavy atom. The fourth-order valence-corrected chi connectivity index (χ4v) is 5.09. The monoisotopic (exact) mass is 303 g/mol. The minimum Gasteiger partial charge on any atom is -0.319 e. The Morgan fingerprint density at radius 1 is 1.20 bits per heavy atom. The maximum atomic E-state index is 12.5. The molecule has 2 fully saturated rings. The number of piperidine rings is 1. The third kappa shape index (κ3) is 4.41. The average Bonchev–Trinajstić information content (AvgIpc) is 2.39. The summed E-state index contributed by atoms with van der Waals surface area (Å²) in [4.78, 5) is 0. The lowest BCUT2D eigenvalue weighted by molar-refractivity contribution is 0.254. The highest BCUT2D eigenvalue weighted by atomic mass is 32.2. The highest BCUT2D eigenvalue weighted by Crippen LogP contribution is 2.25. The molecule has 0 amide bonds. The van der Waals surface area contributed by atoms with Crippen LogP contribution in [0.4, 0.5) is 0 Å². The second kappa shape index (κ2) is 7.20. The van der Waals surface area contributed by atoms with Gasteiger partial charge in [-0.1, -0.05) is 19.8 Å². The van der Waals surface area contributed by atoms with Gasteiger partial charge in [-0.05, 0) is 51.1 Å². The van der Waals surface area contributed by atoms with E-state index >= 15 is 0 Å². The quantitative estimate of drug-likeness (QED) is 0.805. The van der Waals surface area contributed by atoms with Gasteiger partial charge in [0.2, 0.25) is 0 Å². The van der Waals surface area contributed by atoms with Crippen molar-refractivity contribution in [3.05, 3.63) is 0 Å². The van der Waals surface area contributed by atoms with Crippen LogP contribution in [0.1, 0.15) is 45.4 Å². The number of nitrogens with one attached hydrogen (secondary N) is 2. The zero-order valence-corrected chi connectivity index (χ0v) is 13.6. The molecule has 1 heterocycles. The summed E-state index contributed by atoms with van der Waals surface area (Å²) in [7, 11) is -1.38. The summed E-state index contributed by atoms with van der Waals surface area (Å²) in [6.45, 7) is 4.42. The van der Waals surface area contributed by atoms with Gasteiger partial charge < -0.3 is 5.32 Å². The van der Waals surface area contributed by atoms with Gasteiger partial charge in [-0.15, -0.1) is 0 Å². The van der Waals surface area contributed by atoms with Crippen LogP contribution in [0.3, 0.4) is 0 Å². The molecule has 0 aromatic carbocycles. The van der Waals surface area contributed by atoms with Gasteiger partial charge in [0.05, 0.1) is 0 Å². The van der Waals surface area contributed by atoms with Crippen LogP contribution in [0, 0.1) is 11.8 Å². The average molecular weight is 303 g/mol. The van der Waals surface area contributed by atoms with E-state index in [1.54, 1.807) is 4.31 Å². The van der Waals surface area contributed by atoms with Crippen molar-refractivity contribution in [3.8, 4) is 0 Å². The Hall–Kier alpha value is -0.170. The molecule has 5 nitrogen and oxygen atoms in total. The Bertz CT molecular complexity index is 397. The van der Waals surface area contributed by atoms with Gasteiger partial charge in [-0.3, -0.25) is 0 Å². The molecule has 1 aliphatic heterocycles. The molecular formula is C14H29N3O2S. The lowest BCUT2D eigenvalue weighted by atomic mass is 9.88. The van der Waals surface area contributed by atoms with Crippen LogP contribution in [-0.2, 0) is 10.2 Å². The summed E-state index contributed by atoms with van der Waals surface area (Å²) in [5.41, 5.74) is 0. The fraction of sp³-hybridized carbons (Fsp3) is 1.00. The molecule has 0 aromatic heterocycles. The summed E-state index contributed by atoms with van der Waals surface area (Å²) in [5.74, 6) is 1.07. The van der Waals surface area contributed by atoms with Crippen molar-refractivity contribution < 1.29 is 8.42 Å². The molecule has 0 radical (unpaired) electrons. The maximum absolute atomic E-state index is 12.5. The maximum Gasteiger partial charge on any atom is 0.279 e. The molecule has 2 rings (SSSR count). The van der Waals surface area contributed by atoms with Crippen LogP contribution in [0.15, 0.2) is 0 Å². The van der Waals surface area contributed by atoms with Gasteiger partial charge in [0, 0.05) is 19.1 Å². The van der Waals surface area contributed by atoms with Gasteiger partial charge >= 0.3 is 0 Å². The first-order valence-electron chi connectivity index (χ1n) is 7.93. The topological polar surface area (TPSA) is 61.4 Å². The predicted molar refractivity (Wildman–Crippen MR) is 81.7 cm³/mol. The van der Waals surface area contributed by atoms with Gasteiger partial charge in [0.25, 0.3) is 10.2 Å². The lowest BCUT2D eigenvalue weighted by Gasteiger charge is -2.34. The van der Waals surface area contributed by atoms with Gasteiger partial charge in [-0.2, -0.15) is 17.4 Å². The predicted octanol–water partition coefficient (Wildman–Crippen LogP) is 1.33. The molecule has 2 aliphatic rings. The smallest absolute Gasteiger partial charge is 0.279 e. The zero-order chi connectivity index (χ0) is 14.6. The van der Waals surface area contributed by atoms with E-state index in [4.69, 9.17) is 0 Å². The van der Waals surface area contributed by atoms with E-state index in [0.717, 1.165) is 38.6 Å². The molecule has 2 N–H and O–H groups in total. The van der Waals surface area contributed by atoms with E-state index in [-0.39, 0.29) is 6.04 Å². The van der Waals surface area contributed by atoms with E-state index in [9.17, 15) is 8.42 Å². The molecule has 118 valence electrons. The standard InChI is InChI=1S/C14H29N3O2S/c1-12-5-3-7-14(9-12)16-20(18,19)17-8-4-6-13(11-17)10-15-2/h12-16H,3-11H2,1-2H3. The van der Waals surface area contributed by atoms with Crippen molar-refractivity contribution >= 4 is 10.2 Å². The number of hydrogen-bond donors (Lipinski definition) is 2. The lowest BCUT2D eigenvalue weighted by Crippen LogP contribution is -2.50. The van der Waals surface area contributed by atoms with Crippen molar-refractivity contribution in [2.75, 3.05) is 26.7 Å². The first kappa shape index (κ1) is 16.2. The van der Waals surface area contributed by atoms with Crippen LogP contribution < -0.4 is 10.0 Å². The molecule has 20 heavy (non-hydrogen) atoms. The Morgan fingerprint density at radius 2 is 2.00 bits per heavy atom. The van der Waals surface area contributed by atoms with Gasteiger partial charge in [0.1, 0.15) is 0 Å². The summed E-state index contributed by atoms with van der Waals surface area (Å²) in [6.07, 6.45) is 6.41. The van der Waals surface area contributed by atoms with Crippen molar-refractivity contribution in [2.45, 2.75) is 51.5 Å². The molecule has 0 bridgehead atoms. The van der Waals surface area contributed by atoms with Gasteiger partial charge in [0.15, 0.2) is 0 Å². The summed E-state index contributed by atoms with van der Waals surface area (Å²) in [5, 5.41) is 3.15. The van der Waals surface area contributed by atoms with Crippen molar-refractivity contribution in [1.82, 2.24) is 14.3 Å². The Kier molecular flexibility index (Phi) is 5.84. The second-order valence-electron chi connectivity index (χ2n) is 6.52. The Balaban J connectivity index is 1.91. The van der Waals surface area contributed by atoms with Crippen LogP contribution in [0.2, 0.25) is 0 Å². The number of rotatable bonds is 5. The van der Waals surface area contributed by atoms with Gasteiger partial charge in [-0.25, -0.2) is 0 Å². The van der Waals surface area contributed by atoms with Crippen molar-refractivity contribution in [2.24, 2.45) is 11.8 Å². The number of nitrogens with zero attached hydrogens (tertiary/aromatic N) is 1. The summed E-state index contributed by atoms with van der Waals surface area (Å²) in [6, 6.07) is 0.133. The first-order chi connectivity index (χ1) is 9.51. The van der Waals surface area contributed by atoms with Crippen molar-refractivity contribution in [3.63, 3.8) is 0 Å². The van der Waals surface area contributed by atoms with Crippen LogP contribution in [-0.4, -0.2) is 45.4 Å². The highest BCUT2D eigenvalue weighted by molar-refractivity contribution is 7.87. The third-order valence-electron chi connectivity index (χ3n) is 4.57. The normalized spacial score (nSPS) is 33.2. The number of hydrogen-bond acceptors (Lipinski definition) is 3. The molecule has 3 atom stereocenters. The van der Waals surface area contributed by atoms with Crippen LogP contribution >= 0.6 is 0 Å². The molecule has 0 aromatic rings. The largest absolute Gasteiger partial charge is 0.319 e. The van der Waals surface area contributed by atoms with Crippen LogP contribution in [0.25, 0.3) is 0 Å². The van der Waals surface area contributed by atoms with Crippen molar-refractivity contribution in [1.29, 1.82) is 0 Å². The third-order valence-corrected chi connectivity index (χ3v) is 6.21. The van der Waals surface area contributed by atoms with E-state index < -0.39 is 10.2 Å². The summed E-state index contributed by atoms with van der Waals surface area (Å²) < 4.78 is 29.6. The van der Waals surface area contributed by atoms with E-state index in [1.807, 2.05) is 7.05 Å². The first-order valence-corrected chi connectivity index (χ1v) is 9.37. The minimum atomic E-state index is -3.30. The molecular weight excluding hydrogens is 274 g/mol. The zero-order valence-electron chi connectivity index (χ0n) is 12.8. The molecule has 1 saturated carbocycles. The summed E-state index contributed by atoms with van der Waals surface area (Å²) >= 11 is 0. The molecule has 1 aliphatic carbocycles. The molecule has 6 heteroatoms. The molecule has 1 saturated heterocycles.